The van der Waals surface area contributed by atoms with Crippen LogP contribution in [0.5, 0.6) is 17.2 Å². The number of hydrogen-bond donors (Lipinski definition) is 1. The predicted molar refractivity (Wildman–Crippen MR) is 95.7 cm³/mol. The van der Waals surface area contributed by atoms with E-state index in [0.717, 1.165) is 6.07 Å². The first-order chi connectivity index (χ1) is 13.4. The number of carbonyl (C=O) groups is 2. The van der Waals surface area contributed by atoms with Gasteiger partial charge in [0.1, 0.15) is 11.3 Å². The van der Waals surface area contributed by atoms with E-state index in [1.807, 2.05) is 0 Å². The zero-order valence-electron chi connectivity index (χ0n) is 15.0. The lowest BCUT2D eigenvalue weighted by Crippen LogP contribution is -2.30. The normalized spacial score (nSPS) is 12.8. The van der Waals surface area contributed by atoms with Gasteiger partial charge in [0, 0.05) is 23.9 Å². The number of non-ortho nitro benzene ring substituents is 1. The van der Waals surface area contributed by atoms with Gasteiger partial charge < -0.3 is 24.3 Å². The van der Waals surface area contributed by atoms with Crippen LogP contribution in [0.2, 0.25) is 0 Å². The van der Waals surface area contributed by atoms with E-state index in [0.29, 0.717) is 17.2 Å². The Hall–Kier alpha value is -3.82. The molecule has 28 heavy (non-hydrogen) atoms. The number of hydrogen-bond acceptors (Lipinski definition) is 8. The molecule has 0 bridgehead atoms. The average molecular weight is 388 g/mol. The lowest BCUT2D eigenvalue weighted by Gasteiger charge is -2.15. The van der Waals surface area contributed by atoms with Gasteiger partial charge in [0.2, 0.25) is 6.79 Å². The van der Waals surface area contributed by atoms with Crippen molar-refractivity contribution in [1.82, 2.24) is 0 Å². The Morgan fingerprint density at radius 3 is 2.64 bits per heavy atom. The second-order valence-electron chi connectivity index (χ2n) is 5.75. The van der Waals surface area contributed by atoms with Crippen LogP contribution < -0.4 is 19.5 Å². The maximum absolute atomic E-state index is 12.4. The van der Waals surface area contributed by atoms with Crippen LogP contribution in [0, 0.1) is 10.1 Å². The largest absolute Gasteiger partial charge is 0.496 e. The third kappa shape index (κ3) is 3.95. The number of anilines is 1. The minimum absolute atomic E-state index is 0.0963. The van der Waals surface area contributed by atoms with E-state index in [1.165, 1.54) is 26.2 Å². The maximum Gasteiger partial charge on any atom is 0.342 e. The fraction of sp³-hybridized carbons (Fsp3) is 0.222. The Balaban J connectivity index is 1.69. The number of nitrogens with one attached hydrogen (secondary N) is 1. The summed E-state index contributed by atoms with van der Waals surface area (Å²) in [5.74, 6) is -0.358. The molecular formula is C18H16N2O8. The molecule has 0 aliphatic carbocycles. The van der Waals surface area contributed by atoms with Gasteiger partial charge in [-0.1, -0.05) is 0 Å². The van der Waals surface area contributed by atoms with Crippen LogP contribution in [-0.4, -0.2) is 36.8 Å². The summed E-state index contributed by atoms with van der Waals surface area (Å²) in [6.07, 6.45) is -1.16. The molecule has 0 spiro atoms. The number of amides is 1. The molecule has 1 atom stereocenters. The molecule has 10 nitrogen and oxygen atoms in total. The summed E-state index contributed by atoms with van der Waals surface area (Å²) in [5.41, 5.74) is -0.0188. The van der Waals surface area contributed by atoms with E-state index in [1.54, 1.807) is 18.2 Å². The quantitative estimate of drug-likeness (QED) is 0.454. The van der Waals surface area contributed by atoms with Crippen molar-refractivity contribution in [3.63, 3.8) is 0 Å². The Morgan fingerprint density at radius 1 is 1.18 bits per heavy atom. The molecule has 10 heteroatoms. The second kappa shape index (κ2) is 7.82. The highest BCUT2D eigenvalue weighted by Crippen LogP contribution is 2.34. The van der Waals surface area contributed by atoms with Crippen LogP contribution in [0.15, 0.2) is 36.4 Å². The van der Waals surface area contributed by atoms with Gasteiger partial charge >= 0.3 is 5.97 Å². The highest BCUT2D eigenvalue weighted by Gasteiger charge is 2.24. The molecule has 146 valence electrons. The average Bonchev–Trinajstić information content (AvgIpc) is 3.15. The molecule has 0 saturated heterocycles. The molecule has 3 rings (SSSR count). The number of benzene rings is 2. The van der Waals surface area contributed by atoms with Crippen LogP contribution in [0.25, 0.3) is 0 Å². The van der Waals surface area contributed by atoms with Crippen LogP contribution in [0.1, 0.15) is 17.3 Å². The summed E-state index contributed by atoms with van der Waals surface area (Å²) in [4.78, 5) is 35.0. The minimum Gasteiger partial charge on any atom is -0.496 e. The molecule has 1 N–H and O–H groups in total. The molecule has 1 aliphatic heterocycles. The van der Waals surface area contributed by atoms with E-state index < -0.39 is 22.9 Å². The van der Waals surface area contributed by atoms with Crippen molar-refractivity contribution >= 4 is 23.3 Å². The highest BCUT2D eigenvalue weighted by molar-refractivity contribution is 5.98. The van der Waals surface area contributed by atoms with Crippen molar-refractivity contribution in [2.24, 2.45) is 0 Å². The SMILES string of the molecule is COc1ccc([N+](=O)[O-])cc1C(=O)OC(C)C(=O)Nc1ccc2c(c1)OCO2. The Bertz CT molecular complexity index is 943. The van der Waals surface area contributed by atoms with Gasteiger partial charge in [-0.05, 0) is 25.1 Å². The van der Waals surface area contributed by atoms with E-state index >= 15 is 0 Å². The van der Waals surface area contributed by atoms with Gasteiger partial charge in [0.05, 0.1) is 12.0 Å². The number of nitro groups is 1. The molecule has 2 aromatic rings. The lowest BCUT2D eigenvalue weighted by molar-refractivity contribution is -0.384. The van der Waals surface area contributed by atoms with E-state index in [4.69, 9.17) is 18.9 Å². The molecule has 0 radical (unpaired) electrons. The monoisotopic (exact) mass is 388 g/mol. The molecule has 1 aliphatic rings. The number of methoxy groups -OCH3 is 1. The number of nitro benzene ring substituents is 1. The third-order valence-corrected chi connectivity index (χ3v) is 3.91. The predicted octanol–water partition coefficient (Wildman–Crippen LogP) is 2.52. The van der Waals surface area contributed by atoms with Crippen molar-refractivity contribution in [3.05, 3.63) is 52.1 Å². The zero-order chi connectivity index (χ0) is 20.3. The molecule has 0 aromatic heterocycles. The number of ether oxygens (including phenoxy) is 4. The fourth-order valence-electron chi connectivity index (χ4n) is 2.46. The summed E-state index contributed by atoms with van der Waals surface area (Å²) < 4.78 is 20.6. The number of fused-ring (bicyclic) bond motifs is 1. The maximum atomic E-state index is 12.4. The lowest BCUT2D eigenvalue weighted by atomic mass is 10.1. The van der Waals surface area contributed by atoms with Crippen LogP contribution >= 0.6 is 0 Å². The van der Waals surface area contributed by atoms with Gasteiger partial charge in [-0.25, -0.2) is 4.79 Å². The van der Waals surface area contributed by atoms with Gasteiger partial charge in [0.25, 0.3) is 11.6 Å². The first kappa shape index (κ1) is 19.0. The number of rotatable bonds is 6. The number of nitrogens with zero attached hydrogens (tertiary/aromatic N) is 1. The first-order valence-corrected chi connectivity index (χ1v) is 8.13. The fourth-order valence-corrected chi connectivity index (χ4v) is 2.46. The highest BCUT2D eigenvalue weighted by atomic mass is 16.7. The van der Waals surface area contributed by atoms with Crippen molar-refractivity contribution in [2.45, 2.75) is 13.0 Å². The Morgan fingerprint density at radius 2 is 1.93 bits per heavy atom. The molecule has 0 saturated carbocycles. The first-order valence-electron chi connectivity index (χ1n) is 8.13. The topological polar surface area (TPSA) is 126 Å². The van der Waals surface area contributed by atoms with Crippen molar-refractivity contribution < 1.29 is 33.5 Å². The molecule has 1 amide bonds. The second-order valence-corrected chi connectivity index (χ2v) is 5.75. The van der Waals surface area contributed by atoms with E-state index in [-0.39, 0.29) is 23.8 Å². The number of esters is 1. The van der Waals surface area contributed by atoms with Crippen molar-refractivity contribution in [2.75, 3.05) is 19.2 Å². The van der Waals surface area contributed by atoms with Crippen LogP contribution in [0.4, 0.5) is 11.4 Å². The standard InChI is InChI=1S/C18H16N2O8/c1-10(17(21)19-11-3-5-15-16(7-11)27-9-26-15)28-18(22)13-8-12(20(23)24)4-6-14(13)25-2/h3-8,10H,9H2,1-2H3,(H,19,21). The Labute approximate surface area is 159 Å². The van der Waals surface area contributed by atoms with Crippen LogP contribution in [-0.2, 0) is 9.53 Å². The summed E-state index contributed by atoms with van der Waals surface area (Å²) >= 11 is 0. The molecule has 1 heterocycles. The van der Waals surface area contributed by atoms with Gasteiger partial charge in [-0.2, -0.15) is 0 Å². The minimum atomic E-state index is -1.16. The van der Waals surface area contributed by atoms with E-state index in [2.05, 4.69) is 5.32 Å². The van der Waals surface area contributed by atoms with Gasteiger partial charge in [-0.3, -0.25) is 14.9 Å². The van der Waals surface area contributed by atoms with Crippen molar-refractivity contribution in [3.8, 4) is 17.2 Å². The van der Waals surface area contributed by atoms with Crippen molar-refractivity contribution in [1.29, 1.82) is 0 Å². The summed E-state index contributed by atoms with van der Waals surface area (Å²) in [7, 11) is 1.31. The molecule has 0 fully saturated rings. The third-order valence-electron chi connectivity index (χ3n) is 3.91. The number of carbonyl (C=O) groups excluding carboxylic acids is 2. The van der Waals surface area contributed by atoms with Crippen LogP contribution in [0.3, 0.4) is 0 Å². The smallest absolute Gasteiger partial charge is 0.342 e. The molecule has 2 aromatic carbocycles. The Kier molecular flexibility index (Phi) is 5.30. The zero-order valence-corrected chi connectivity index (χ0v) is 15.0. The summed E-state index contributed by atoms with van der Waals surface area (Å²) in [5, 5.41) is 13.5. The van der Waals surface area contributed by atoms with Gasteiger partial charge in [0.15, 0.2) is 17.6 Å². The molecular weight excluding hydrogens is 372 g/mol. The molecule has 1 unspecified atom stereocenters. The summed E-state index contributed by atoms with van der Waals surface area (Å²) in [6, 6.07) is 8.35. The van der Waals surface area contributed by atoms with E-state index in [9.17, 15) is 19.7 Å². The van der Waals surface area contributed by atoms with Gasteiger partial charge in [-0.15, -0.1) is 0 Å². The summed E-state index contributed by atoms with van der Waals surface area (Å²) in [6.45, 7) is 1.48.